The molecular weight excluding hydrogens is 704 g/mol. The molecule has 4 heteroatoms. The molecule has 51 heavy (non-hydrogen) atoms. The van der Waals surface area contributed by atoms with Crippen LogP contribution in [0.3, 0.4) is 0 Å². The predicted molar refractivity (Wildman–Crippen MR) is 215 cm³/mol. The van der Waals surface area contributed by atoms with Crippen molar-refractivity contribution in [2.45, 2.75) is 225 Å². The first-order valence-corrected chi connectivity index (χ1v) is 22.2. The van der Waals surface area contributed by atoms with Gasteiger partial charge in [-0.05, 0) is 41.5 Å². The van der Waals surface area contributed by atoms with E-state index in [0.717, 1.165) is 18.4 Å². The molecule has 0 aliphatic heterocycles. The monoisotopic (exact) mass is 786 g/mol. The zero-order chi connectivity index (χ0) is 34.3. The molecule has 2 heterocycles. The number of unbranched alkanes of at least 4 members (excludes halogenated alkanes) is 11. The fourth-order valence-electron chi connectivity index (χ4n) is 8.53. The molecule has 2 nitrogen and oxygen atoms in total. The maximum Gasteiger partial charge on any atom is 0.169 e. The van der Waals surface area contributed by atoms with Gasteiger partial charge < -0.3 is 0 Å². The summed E-state index contributed by atoms with van der Waals surface area (Å²) in [5.41, 5.74) is 2.50. The molecule has 0 radical (unpaired) electrons. The van der Waals surface area contributed by atoms with Gasteiger partial charge >= 0.3 is 0 Å². The van der Waals surface area contributed by atoms with Gasteiger partial charge in [-0.25, -0.2) is 4.57 Å². The van der Waals surface area contributed by atoms with Crippen molar-refractivity contribution in [3.63, 3.8) is 0 Å². The summed E-state index contributed by atoms with van der Waals surface area (Å²) < 4.78 is 2.31. The molecule has 0 saturated heterocycles. The van der Waals surface area contributed by atoms with Crippen molar-refractivity contribution in [2.75, 3.05) is 0 Å². The molecule has 0 bridgehead atoms. The Balaban J connectivity index is 0.000000417. The zero-order valence-electron chi connectivity index (χ0n) is 33.4. The predicted octanol–water partition coefficient (Wildman–Crippen LogP) is 15.2. The minimum Gasteiger partial charge on any atom is -0.265 e. The normalized spacial score (nSPS) is 16.9. The molecule has 0 amide bonds. The van der Waals surface area contributed by atoms with Crippen molar-refractivity contribution in [3.05, 3.63) is 49.1 Å². The summed E-state index contributed by atoms with van der Waals surface area (Å²) in [5.74, 6) is 2.19. The Morgan fingerprint density at radius 2 is 0.804 bits per heavy atom. The fourth-order valence-corrected chi connectivity index (χ4v) is 8.53. The van der Waals surface area contributed by atoms with Crippen molar-refractivity contribution < 1.29 is 38.7 Å². The van der Waals surface area contributed by atoms with Crippen LogP contribution in [0.1, 0.15) is 219 Å². The summed E-state index contributed by atoms with van der Waals surface area (Å²) in [7, 11) is 0. The van der Waals surface area contributed by atoms with Crippen LogP contribution in [0.2, 0.25) is 0 Å². The number of pyridine rings is 2. The Labute approximate surface area is 339 Å². The topological polar surface area (TPSA) is 16.8 Å². The third-order valence-electron chi connectivity index (χ3n) is 11.8. The minimum atomic E-state index is 0. The van der Waals surface area contributed by atoms with Gasteiger partial charge in [0.1, 0.15) is 6.54 Å². The zero-order valence-corrected chi connectivity index (χ0v) is 35.6. The molecule has 0 aromatic carbocycles. The third-order valence-corrected chi connectivity index (χ3v) is 11.8. The molecule has 4 aliphatic rings. The second-order valence-electron chi connectivity index (χ2n) is 16.2. The molecular formula is C47H81Fe2N2+. The Bertz CT molecular complexity index is 936. The van der Waals surface area contributed by atoms with Gasteiger partial charge in [0.2, 0.25) is 0 Å². The quantitative estimate of drug-likeness (QED) is 0.0836. The van der Waals surface area contributed by atoms with Gasteiger partial charge in [-0.2, -0.15) is 0 Å². The molecule has 4 aliphatic carbocycles. The van der Waals surface area contributed by atoms with E-state index in [9.17, 15) is 0 Å². The third kappa shape index (κ3) is 25.9. The van der Waals surface area contributed by atoms with Gasteiger partial charge in [-0.15, -0.1) is 0 Å². The first-order chi connectivity index (χ1) is 24.3. The van der Waals surface area contributed by atoms with E-state index in [2.05, 4.69) is 53.1 Å². The Hall–Kier alpha value is -0.661. The van der Waals surface area contributed by atoms with E-state index in [4.69, 9.17) is 0 Å². The molecule has 2 aromatic heterocycles. The van der Waals surface area contributed by atoms with E-state index < -0.39 is 0 Å². The maximum absolute atomic E-state index is 4.08. The number of aryl methyl sites for hydroxylation is 1. The number of nitrogens with zero attached hydrogens (tertiary/aromatic N) is 2. The SMILES string of the molecule is C1CCCC1.C1CCCC1.CCCCCCCCCC1CCCC1.[Fe].[Fe].c1cc(-c2cc[n+](CCCCCCCCC3CCCC3)cc2)ccn1. The van der Waals surface area contributed by atoms with Crippen molar-refractivity contribution in [3.8, 4) is 11.1 Å². The van der Waals surface area contributed by atoms with Crippen LogP contribution in [0, 0.1) is 11.8 Å². The number of rotatable bonds is 18. The molecule has 0 spiro atoms. The van der Waals surface area contributed by atoms with Crippen LogP contribution >= 0.6 is 0 Å². The Kier molecular flexibility index (Phi) is 33.2. The summed E-state index contributed by atoms with van der Waals surface area (Å²) >= 11 is 0. The summed E-state index contributed by atoms with van der Waals surface area (Å²) in [6.45, 7) is 3.43. The van der Waals surface area contributed by atoms with Gasteiger partial charge in [0.05, 0.1) is 0 Å². The van der Waals surface area contributed by atoms with Gasteiger partial charge in [-0.1, -0.05) is 206 Å². The second kappa shape index (κ2) is 35.1. The molecule has 0 N–H and O–H groups in total. The smallest absolute Gasteiger partial charge is 0.169 e. The summed E-state index contributed by atoms with van der Waals surface area (Å²) in [6, 6.07) is 8.54. The van der Waals surface area contributed by atoms with Gasteiger partial charge in [-0.3, -0.25) is 4.98 Å². The maximum atomic E-state index is 4.08. The minimum absolute atomic E-state index is 0. The van der Waals surface area contributed by atoms with E-state index in [1.54, 1.807) is 0 Å². The molecule has 6 rings (SSSR count). The number of hydrogen-bond donors (Lipinski definition) is 0. The largest absolute Gasteiger partial charge is 0.265 e. The van der Waals surface area contributed by atoms with E-state index >= 15 is 0 Å². The van der Waals surface area contributed by atoms with Crippen LogP contribution in [0.5, 0.6) is 0 Å². The van der Waals surface area contributed by atoms with Crippen LogP contribution in [-0.2, 0) is 40.7 Å². The van der Waals surface area contributed by atoms with Crippen LogP contribution in [0.15, 0.2) is 49.1 Å². The second-order valence-corrected chi connectivity index (χ2v) is 16.2. The molecule has 2 aromatic rings. The molecule has 4 fully saturated rings. The standard InChI is InChI=1S/C23H33N2.C14H28.2C5H10.2Fe/c1(3-5-9-21-10-6-7-11-21)2-4-8-18-25-19-14-23(15-20-25)22-12-16-24-17-13-22;1-2-3-4-5-6-7-8-11-14-12-9-10-13-14;2*1-2-4-5-3-1;;/h12-17,19-21H,1-11,18H2;14H,2-13H2,1H3;2*1-5H2;;/q+1;;;;;. The van der Waals surface area contributed by atoms with E-state index in [-0.39, 0.29) is 34.1 Å². The van der Waals surface area contributed by atoms with E-state index in [0.29, 0.717) is 0 Å². The van der Waals surface area contributed by atoms with Crippen LogP contribution in [-0.4, -0.2) is 4.98 Å². The van der Waals surface area contributed by atoms with Crippen molar-refractivity contribution in [1.82, 2.24) is 4.98 Å². The molecule has 294 valence electrons. The molecule has 0 atom stereocenters. The molecule has 4 saturated carbocycles. The van der Waals surface area contributed by atoms with Crippen LogP contribution in [0.25, 0.3) is 11.1 Å². The van der Waals surface area contributed by atoms with Gasteiger partial charge in [0.25, 0.3) is 0 Å². The number of aromatic nitrogens is 2. The average molecular weight is 786 g/mol. The van der Waals surface area contributed by atoms with Crippen LogP contribution in [0.4, 0.5) is 0 Å². The fraction of sp³-hybridized carbons (Fsp3) is 0.787. The summed E-state index contributed by atoms with van der Waals surface area (Å²) in [6.07, 6.45) is 57.0. The van der Waals surface area contributed by atoms with Gasteiger partial charge in [0.15, 0.2) is 12.4 Å². The summed E-state index contributed by atoms with van der Waals surface area (Å²) in [4.78, 5) is 4.08. The van der Waals surface area contributed by atoms with Crippen molar-refractivity contribution >= 4 is 0 Å². The van der Waals surface area contributed by atoms with Gasteiger partial charge in [0, 0.05) is 65.1 Å². The Morgan fingerprint density at radius 1 is 0.451 bits per heavy atom. The van der Waals surface area contributed by atoms with Crippen molar-refractivity contribution in [1.29, 1.82) is 0 Å². The molecule has 0 unspecified atom stereocenters. The van der Waals surface area contributed by atoms with Crippen molar-refractivity contribution in [2.24, 2.45) is 11.8 Å². The first-order valence-electron chi connectivity index (χ1n) is 22.2. The van der Waals surface area contributed by atoms with E-state index in [1.165, 1.54) is 223 Å². The first kappa shape index (κ1) is 48.4. The van der Waals surface area contributed by atoms with E-state index in [1.807, 2.05) is 12.4 Å². The summed E-state index contributed by atoms with van der Waals surface area (Å²) in [5, 5.41) is 0. The average Bonchev–Trinajstić information content (AvgIpc) is 4.00. The Morgan fingerprint density at radius 3 is 1.22 bits per heavy atom. The van der Waals surface area contributed by atoms with Crippen LogP contribution < -0.4 is 4.57 Å². The number of hydrogen-bond acceptors (Lipinski definition) is 1.